The van der Waals surface area contributed by atoms with Gasteiger partial charge in [0.1, 0.15) is 16.5 Å². The van der Waals surface area contributed by atoms with Gasteiger partial charge in [-0.25, -0.2) is 9.97 Å². The lowest BCUT2D eigenvalue weighted by Crippen LogP contribution is -2.27. The van der Waals surface area contributed by atoms with Gasteiger partial charge >= 0.3 is 0 Å². The van der Waals surface area contributed by atoms with Crippen LogP contribution < -0.4 is 5.32 Å². The summed E-state index contributed by atoms with van der Waals surface area (Å²) in [5.41, 5.74) is 0. The summed E-state index contributed by atoms with van der Waals surface area (Å²) in [6.45, 7) is 2.00. The summed E-state index contributed by atoms with van der Waals surface area (Å²) < 4.78 is 0. The molecule has 0 amide bonds. The Labute approximate surface area is 130 Å². The third-order valence-corrected chi connectivity index (χ3v) is 5.12. The van der Waals surface area contributed by atoms with Crippen molar-refractivity contribution in [2.24, 2.45) is 5.92 Å². The van der Waals surface area contributed by atoms with Gasteiger partial charge in [0.05, 0.1) is 11.9 Å². The number of aromatic nitrogens is 2. The van der Waals surface area contributed by atoms with E-state index >= 15 is 0 Å². The molecule has 2 aromatic heterocycles. The van der Waals surface area contributed by atoms with Crippen LogP contribution in [0.5, 0.6) is 0 Å². The fourth-order valence-corrected chi connectivity index (χ4v) is 4.06. The summed E-state index contributed by atoms with van der Waals surface area (Å²) in [6.07, 6.45) is 7.00. The fourth-order valence-electron chi connectivity index (χ4n) is 3.28. The number of thiophene rings is 1. The first-order valence-electron chi connectivity index (χ1n) is 7.86. The lowest BCUT2D eigenvalue weighted by Gasteiger charge is -2.26. The molecule has 0 unspecified atom stereocenters. The molecule has 1 N–H and O–H groups in total. The minimum absolute atomic E-state index is 0.832. The van der Waals surface area contributed by atoms with Gasteiger partial charge in [0, 0.05) is 13.6 Å². The number of nitrogens with zero attached hydrogens (tertiary/aromatic N) is 3. The summed E-state index contributed by atoms with van der Waals surface area (Å²) in [5.74, 6) is 2.73. The number of hydrogen-bond acceptors (Lipinski definition) is 5. The van der Waals surface area contributed by atoms with E-state index in [0.29, 0.717) is 0 Å². The fraction of sp³-hybridized carbons (Fsp3) is 0.625. The first kappa shape index (κ1) is 14.7. The molecule has 3 rings (SSSR count). The van der Waals surface area contributed by atoms with E-state index in [0.717, 1.165) is 34.3 Å². The highest BCUT2D eigenvalue weighted by atomic mass is 32.1. The molecule has 114 valence electrons. The zero-order valence-corrected chi connectivity index (χ0v) is 13.7. The SMILES string of the molecule is CNc1nc(CN(C)CC2CCCCC2)nc2sccc12. The maximum absolute atomic E-state index is 4.70. The first-order valence-corrected chi connectivity index (χ1v) is 8.74. The van der Waals surface area contributed by atoms with Crippen molar-refractivity contribution in [1.29, 1.82) is 0 Å². The van der Waals surface area contributed by atoms with E-state index < -0.39 is 0 Å². The van der Waals surface area contributed by atoms with E-state index in [1.807, 2.05) is 7.05 Å². The molecule has 0 aromatic carbocycles. The van der Waals surface area contributed by atoms with Gasteiger partial charge in [-0.15, -0.1) is 11.3 Å². The van der Waals surface area contributed by atoms with Crippen molar-refractivity contribution in [2.75, 3.05) is 26.0 Å². The van der Waals surface area contributed by atoms with Gasteiger partial charge in [-0.1, -0.05) is 19.3 Å². The predicted molar refractivity (Wildman–Crippen MR) is 89.9 cm³/mol. The highest BCUT2D eigenvalue weighted by Crippen LogP contribution is 2.26. The van der Waals surface area contributed by atoms with Gasteiger partial charge < -0.3 is 5.32 Å². The van der Waals surface area contributed by atoms with E-state index in [2.05, 4.69) is 33.7 Å². The molecule has 4 nitrogen and oxygen atoms in total. The van der Waals surface area contributed by atoms with Crippen LogP contribution in [0.3, 0.4) is 0 Å². The van der Waals surface area contributed by atoms with Gasteiger partial charge in [-0.3, -0.25) is 4.90 Å². The van der Waals surface area contributed by atoms with Crippen molar-refractivity contribution < 1.29 is 0 Å². The summed E-state index contributed by atoms with van der Waals surface area (Å²) in [6, 6.07) is 2.08. The van der Waals surface area contributed by atoms with Crippen molar-refractivity contribution >= 4 is 27.4 Å². The Balaban J connectivity index is 1.68. The third-order valence-electron chi connectivity index (χ3n) is 4.31. The van der Waals surface area contributed by atoms with Crippen LogP contribution >= 0.6 is 11.3 Å². The van der Waals surface area contributed by atoms with E-state index in [1.165, 1.54) is 38.6 Å². The van der Waals surface area contributed by atoms with Crippen molar-refractivity contribution in [2.45, 2.75) is 38.6 Å². The Morgan fingerprint density at radius 1 is 1.29 bits per heavy atom. The molecule has 5 heteroatoms. The molecular weight excluding hydrogens is 280 g/mol. The zero-order valence-electron chi connectivity index (χ0n) is 12.9. The van der Waals surface area contributed by atoms with Gasteiger partial charge in [-0.05, 0) is 37.3 Å². The normalized spacial score (nSPS) is 16.7. The molecule has 0 radical (unpaired) electrons. The molecular formula is C16H24N4S. The second-order valence-corrected chi connectivity index (χ2v) is 6.97. The third kappa shape index (κ3) is 3.52. The molecule has 2 aromatic rings. The van der Waals surface area contributed by atoms with Crippen molar-refractivity contribution in [3.63, 3.8) is 0 Å². The summed E-state index contributed by atoms with van der Waals surface area (Å²) >= 11 is 1.68. The lowest BCUT2D eigenvalue weighted by atomic mass is 9.89. The zero-order chi connectivity index (χ0) is 14.7. The Morgan fingerprint density at radius 2 is 2.10 bits per heavy atom. The topological polar surface area (TPSA) is 41.1 Å². The quantitative estimate of drug-likeness (QED) is 0.913. The molecule has 1 aliphatic carbocycles. The Kier molecular flexibility index (Phi) is 4.70. The molecule has 0 atom stereocenters. The minimum Gasteiger partial charge on any atom is -0.372 e. The maximum Gasteiger partial charge on any atom is 0.146 e. The van der Waals surface area contributed by atoms with Crippen molar-refractivity contribution in [1.82, 2.24) is 14.9 Å². The van der Waals surface area contributed by atoms with Gasteiger partial charge in [-0.2, -0.15) is 0 Å². The average Bonchev–Trinajstić information content (AvgIpc) is 2.95. The smallest absolute Gasteiger partial charge is 0.146 e. The second-order valence-electron chi connectivity index (χ2n) is 6.08. The minimum atomic E-state index is 0.832. The first-order chi connectivity index (χ1) is 10.3. The van der Waals surface area contributed by atoms with Gasteiger partial charge in [0.15, 0.2) is 0 Å². The molecule has 1 fully saturated rings. The van der Waals surface area contributed by atoms with Crippen LogP contribution in [0.4, 0.5) is 5.82 Å². The highest BCUT2D eigenvalue weighted by molar-refractivity contribution is 7.16. The molecule has 0 saturated heterocycles. The lowest BCUT2D eigenvalue weighted by molar-refractivity contribution is 0.224. The largest absolute Gasteiger partial charge is 0.372 e. The van der Waals surface area contributed by atoms with Gasteiger partial charge in [0.2, 0.25) is 0 Å². The number of fused-ring (bicyclic) bond motifs is 1. The number of hydrogen-bond donors (Lipinski definition) is 1. The molecule has 1 saturated carbocycles. The highest BCUT2D eigenvalue weighted by Gasteiger charge is 2.16. The summed E-state index contributed by atoms with van der Waals surface area (Å²) in [7, 11) is 4.12. The number of anilines is 1. The van der Waals surface area contributed by atoms with Crippen LogP contribution in [0.1, 0.15) is 37.9 Å². The van der Waals surface area contributed by atoms with E-state index in [-0.39, 0.29) is 0 Å². The molecule has 2 heterocycles. The van der Waals surface area contributed by atoms with Crippen LogP contribution in [0.25, 0.3) is 10.2 Å². The summed E-state index contributed by atoms with van der Waals surface area (Å²) in [5, 5.41) is 6.39. The molecule has 0 bridgehead atoms. The van der Waals surface area contributed by atoms with Crippen LogP contribution in [-0.4, -0.2) is 35.5 Å². The molecule has 21 heavy (non-hydrogen) atoms. The Morgan fingerprint density at radius 3 is 2.86 bits per heavy atom. The van der Waals surface area contributed by atoms with Crippen molar-refractivity contribution in [3.8, 4) is 0 Å². The van der Waals surface area contributed by atoms with Crippen LogP contribution in [0.2, 0.25) is 0 Å². The maximum atomic E-state index is 4.70. The van der Waals surface area contributed by atoms with Crippen LogP contribution in [0.15, 0.2) is 11.4 Å². The summed E-state index contributed by atoms with van der Waals surface area (Å²) in [4.78, 5) is 12.8. The predicted octanol–water partition coefficient (Wildman–Crippen LogP) is 3.75. The van der Waals surface area contributed by atoms with E-state index in [1.54, 1.807) is 11.3 Å². The van der Waals surface area contributed by atoms with Crippen molar-refractivity contribution in [3.05, 3.63) is 17.3 Å². The Bertz CT molecular complexity index is 589. The van der Waals surface area contributed by atoms with Gasteiger partial charge in [0.25, 0.3) is 0 Å². The van der Waals surface area contributed by atoms with Crippen LogP contribution in [0, 0.1) is 5.92 Å². The van der Waals surface area contributed by atoms with E-state index in [4.69, 9.17) is 4.98 Å². The van der Waals surface area contributed by atoms with E-state index in [9.17, 15) is 0 Å². The molecule has 0 aliphatic heterocycles. The average molecular weight is 304 g/mol. The molecule has 1 aliphatic rings. The number of nitrogens with one attached hydrogen (secondary N) is 1. The standard InChI is InChI=1S/C16H24N4S/c1-17-15-13-8-9-21-16(13)19-14(18-15)11-20(2)10-12-6-4-3-5-7-12/h8-9,12H,3-7,10-11H2,1-2H3,(H,17,18,19). The van der Waals surface area contributed by atoms with Crippen LogP contribution in [-0.2, 0) is 6.54 Å². The second kappa shape index (κ2) is 6.71. The Hall–Kier alpha value is -1.20. The monoisotopic (exact) mass is 304 g/mol. The molecule has 0 spiro atoms. The number of rotatable bonds is 5.